The molecule has 12 heavy (non-hydrogen) atoms. The van der Waals surface area contributed by atoms with Crippen molar-refractivity contribution in [1.82, 2.24) is 0 Å². The summed E-state index contributed by atoms with van der Waals surface area (Å²) >= 11 is 0. The molecular weight excluding hydrogens is 215 g/mol. The van der Waals surface area contributed by atoms with Gasteiger partial charge in [0.2, 0.25) is 7.37 Å². The van der Waals surface area contributed by atoms with E-state index in [2.05, 4.69) is 0 Å². The summed E-state index contributed by atoms with van der Waals surface area (Å²) in [5, 5.41) is 8.41. The van der Waals surface area contributed by atoms with Gasteiger partial charge in [-0.05, 0) is 0 Å². The maximum absolute atomic E-state index is 11.0. The van der Waals surface area contributed by atoms with Crippen molar-refractivity contribution < 1.29 is 41.1 Å². The van der Waals surface area contributed by atoms with Crippen molar-refractivity contribution >= 4 is 13.3 Å². The molecule has 0 aliphatic heterocycles. The first kappa shape index (κ1) is 14.9. The Kier molecular flexibility index (Phi) is 7.34. The third-order valence-electron chi connectivity index (χ3n) is 1.47. The predicted molar refractivity (Wildman–Crippen MR) is 42.0 cm³/mol. The maximum atomic E-state index is 11.0. The van der Waals surface area contributed by atoms with Crippen LogP contribution in [0.3, 0.4) is 0 Å². The molecule has 70 valence electrons. The van der Waals surface area contributed by atoms with Crippen LogP contribution in [0.5, 0.6) is 0 Å². The van der Waals surface area contributed by atoms with Crippen molar-refractivity contribution in [3.05, 3.63) is 0 Å². The third kappa shape index (κ3) is 5.95. The fourth-order valence-corrected chi connectivity index (χ4v) is 1.91. The van der Waals surface area contributed by atoms with E-state index in [0.717, 1.165) is 0 Å². The van der Waals surface area contributed by atoms with Gasteiger partial charge in [0.05, 0.1) is 5.92 Å². The number of rotatable bonds is 4. The normalized spacial score (nSPS) is 17.2. The van der Waals surface area contributed by atoms with Gasteiger partial charge in [-0.15, -0.1) is 0 Å². The van der Waals surface area contributed by atoms with Crippen LogP contribution in [0.25, 0.3) is 0 Å². The van der Waals surface area contributed by atoms with Crippen molar-refractivity contribution in [3.8, 4) is 0 Å². The van der Waals surface area contributed by atoms with Crippen LogP contribution in [-0.2, 0) is 31.1 Å². The summed E-state index contributed by atoms with van der Waals surface area (Å²) in [4.78, 5) is 19.3. The van der Waals surface area contributed by atoms with Crippen LogP contribution in [0, 0.1) is 5.92 Å². The Morgan fingerprint density at radius 1 is 1.58 bits per heavy atom. The molecule has 0 fully saturated rings. The van der Waals surface area contributed by atoms with E-state index in [1.807, 2.05) is 0 Å². The fraction of sp³-hybridized carbons (Fsp3) is 0.833. The number of carboxylic acids is 1. The van der Waals surface area contributed by atoms with Crippen LogP contribution in [0.15, 0.2) is 0 Å². The molecule has 0 aliphatic carbocycles. The first-order valence-corrected chi connectivity index (χ1v) is 5.45. The monoisotopic (exact) mass is 228 g/mol. The summed E-state index contributed by atoms with van der Waals surface area (Å²) in [7, 11) is -3.16. The van der Waals surface area contributed by atoms with Crippen molar-refractivity contribution in [2.75, 3.05) is 12.3 Å². The standard InChI is InChI=1S/C6H13O4P.Ti/c1-3-11(9,10)4-5(2)6(7)8;/h5H,3-4H2,1-2H3,(H,7,8)(H,9,10);. The summed E-state index contributed by atoms with van der Waals surface area (Å²) in [5.74, 6) is -1.75. The molecule has 0 aliphatic rings. The minimum Gasteiger partial charge on any atom is -0.481 e. The Balaban J connectivity index is 0. The molecular formula is C6H13O4PTi. The summed E-state index contributed by atoms with van der Waals surface area (Å²) in [6, 6.07) is 0. The predicted octanol–water partition coefficient (Wildman–Crippen LogP) is 0.995. The Labute approximate surface area is 86.7 Å². The van der Waals surface area contributed by atoms with E-state index < -0.39 is 19.3 Å². The molecule has 2 unspecified atom stereocenters. The van der Waals surface area contributed by atoms with E-state index in [4.69, 9.17) is 10.00 Å². The zero-order chi connectivity index (χ0) is 9.07. The SMILES string of the molecule is CCP(=O)(O)CC(C)C(=O)O.[Ti]. The first-order chi connectivity index (χ1) is 4.89. The summed E-state index contributed by atoms with van der Waals surface area (Å²) < 4.78 is 11.0. The number of hydrogen-bond acceptors (Lipinski definition) is 2. The molecule has 2 atom stereocenters. The van der Waals surface area contributed by atoms with Gasteiger partial charge in [0, 0.05) is 34.0 Å². The molecule has 0 aromatic rings. The number of aliphatic carboxylic acids is 1. The molecule has 0 spiro atoms. The minimum atomic E-state index is -3.16. The first-order valence-electron chi connectivity index (χ1n) is 3.42. The Morgan fingerprint density at radius 2 is 2.00 bits per heavy atom. The van der Waals surface area contributed by atoms with E-state index in [9.17, 15) is 9.36 Å². The molecule has 0 aromatic carbocycles. The molecule has 0 radical (unpaired) electrons. The quantitative estimate of drug-likeness (QED) is 0.555. The van der Waals surface area contributed by atoms with Crippen molar-refractivity contribution in [2.24, 2.45) is 5.92 Å². The van der Waals surface area contributed by atoms with Crippen LogP contribution in [0.4, 0.5) is 0 Å². The largest absolute Gasteiger partial charge is 0.481 e. The molecule has 0 rings (SSSR count). The minimum absolute atomic E-state index is 0. The Bertz CT molecular complexity index is 194. The van der Waals surface area contributed by atoms with E-state index in [-0.39, 0.29) is 34.0 Å². The van der Waals surface area contributed by atoms with Gasteiger partial charge in [-0.1, -0.05) is 13.8 Å². The smallest absolute Gasteiger partial charge is 0.306 e. The van der Waals surface area contributed by atoms with E-state index in [0.29, 0.717) is 0 Å². The summed E-state index contributed by atoms with van der Waals surface area (Å²) in [6.07, 6.45) is 0.0173. The molecule has 0 amide bonds. The third-order valence-corrected chi connectivity index (χ3v) is 3.58. The second-order valence-corrected chi connectivity index (χ2v) is 5.27. The average molecular weight is 228 g/mol. The van der Waals surface area contributed by atoms with Crippen LogP contribution in [0.2, 0.25) is 0 Å². The summed E-state index contributed by atoms with van der Waals surface area (Å²) in [5.41, 5.74) is 0. The van der Waals surface area contributed by atoms with E-state index >= 15 is 0 Å². The zero-order valence-electron chi connectivity index (χ0n) is 7.15. The van der Waals surface area contributed by atoms with Gasteiger partial charge in [0.25, 0.3) is 0 Å². The Morgan fingerprint density at radius 3 is 2.25 bits per heavy atom. The van der Waals surface area contributed by atoms with Crippen LogP contribution < -0.4 is 0 Å². The van der Waals surface area contributed by atoms with Gasteiger partial charge in [0.15, 0.2) is 0 Å². The summed E-state index contributed by atoms with van der Waals surface area (Å²) in [6.45, 7) is 3.01. The zero-order valence-corrected chi connectivity index (χ0v) is 9.61. The molecule has 0 bridgehead atoms. The van der Waals surface area contributed by atoms with Crippen LogP contribution >= 0.6 is 7.37 Å². The molecule has 4 nitrogen and oxygen atoms in total. The van der Waals surface area contributed by atoms with Gasteiger partial charge in [-0.2, -0.15) is 0 Å². The molecule has 2 N–H and O–H groups in total. The Hall–Kier alpha value is 0.374. The van der Waals surface area contributed by atoms with Crippen LogP contribution in [-0.4, -0.2) is 28.3 Å². The number of carbonyl (C=O) groups is 1. The number of hydrogen-bond donors (Lipinski definition) is 2. The van der Waals surface area contributed by atoms with Crippen molar-refractivity contribution in [3.63, 3.8) is 0 Å². The molecule has 0 saturated carbocycles. The number of carboxylic acid groups (broad SMARTS) is 1. The van der Waals surface area contributed by atoms with E-state index in [1.54, 1.807) is 6.92 Å². The van der Waals surface area contributed by atoms with Crippen molar-refractivity contribution in [1.29, 1.82) is 0 Å². The molecule has 0 heterocycles. The van der Waals surface area contributed by atoms with E-state index in [1.165, 1.54) is 6.92 Å². The van der Waals surface area contributed by atoms with Crippen LogP contribution in [0.1, 0.15) is 13.8 Å². The fourth-order valence-electron chi connectivity index (χ4n) is 0.635. The molecule has 0 saturated heterocycles. The molecule has 6 heteroatoms. The van der Waals surface area contributed by atoms with Gasteiger partial charge < -0.3 is 10.00 Å². The second-order valence-electron chi connectivity index (χ2n) is 2.58. The maximum Gasteiger partial charge on any atom is 0.306 e. The van der Waals surface area contributed by atoms with Gasteiger partial charge in [-0.25, -0.2) is 0 Å². The molecule has 0 aromatic heterocycles. The van der Waals surface area contributed by atoms with Gasteiger partial charge in [-0.3, -0.25) is 9.36 Å². The van der Waals surface area contributed by atoms with Gasteiger partial charge >= 0.3 is 5.97 Å². The topological polar surface area (TPSA) is 74.6 Å². The van der Waals surface area contributed by atoms with Gasteiger partial charge in [0.1, 0.15) is 0 Å². The average Bonchev–Trinajstić information content (AvgIpc) is 1.87. The van der Waals surface area contributed by atoms with Crippen molar-refractivity contribution in [2.45, 2.75) is 13.8 Å². The second kappa shape index (κ2) is 5.92.